The lowest BCUT2D eigenvalue weighted by molar-refractivity contribution is 0.0599. The van der Waals surface area contributed by atoms with Gasteiger partial charge in [0.05, 0.1) is 12.7 Å². The van der Waals surface area contributed by atoms with E-state index in [1.165, 1.54) is 19.2 Å². The van der Waals surface area contributed by atoms with Gasteiger partial charge in [-0.25, -0.2) is 9.18 Å². The molecule has 0 radical (unpaired) electrons. The summed E-state index contributed by atoms with van der Waals surface area (Å²) >= 11 is 0. The standard InChI is InChI=1S/C17H19FN2O3/c1-4-13-14(17(22)23-3)10(2)15(20-13)16(21)19-9-11-5-7-12(18)8-6-11/h5-8,20H,4,9H2,1-3H3,(H,19,21). The number of amides is 1. The highest BCUT2D eigenvalue weighted by molar-refractivity contribution is 6.00. The summed E-state index contributed by atoms with van der Waals surface area (Å²) in [6.45, 7) is 3.86. The number of carbonyl (C=O) groups excluding carboxylic acids is 2. The van der Waals surface area contributed by atoms with Crippen molar-refractivity contribution in [3.05, 3.63) is 58.2 Å². The molecule has 0 bridgehead atoms. The number of carbonyl (C=O) groups is 2. The van der Waals surface area contributed by atoms with Crippen LogP contribution >= 0.6 is 0 Å². The van der Waals surface area contributed by atoms with Gasteiger partial charge in [-0.1, -0.05) is 19.1 Å². The fraction of sp³-hybridized carbons (Fsp3) is 0.294. The summed E-state index contributed by atoms with van der Waals surface area (Å²) in [5.41, 5.74) is 2.76. The Kier molecular flexibility index (Phi) is 5.16. The second-order valence-electron chi connectivity index (χ2n) is 5.13. The molecule has 0 fully saturated rings. The Balaban J connectivity index is 2.17. The maximum Gasteiger partial charge on any atom is 0.339 e. The van der Waals surface area contributed by atoms with Crippen LogP contribution in [0.25, 0.3) is 0 Å². The summed E-state index contributed by atoms with van der Waals surface area (Å²) in [4.78, 5) is 27.2. The maximum absolute atomic E-state index is 12.9. The Morgan fingerprint density at radius 2 is 1.91 bits per heavy atom. The highest BCUT2D eigenvalue weighted by Crippen LogP contribution is 2.20. The molecule has 0 aliphatic heterocycles. The van der Waals surface area contributed by atoms with E-state index in [4.69, 9.17) is 4.74 Å². The van der Waals surface area contributed by atoms with E-state index in [-0.39, 0.29) is 18.3 Å². The fourth-order valence-corrected chi connectivity index (χ4v) is 2.40. The van der Waals surface area contributed by atoms with E-state index in [1.54, 1.807) is 19.1 Å². The molecule has 1 heterocycles. The number of hydrogen-bond acceptors (Lipinski definition) is 3. The van der Waals surface area contributed by atoms with Crippen molar-refractivity contribution < 1.29 is 18.7 Å². The molecule has 122 valence electrons. The van der Waals surface area contributed by atoms with Crippen LogP contribution in [0.1, 0.15) is 44.6 Å². The van der Waals surface area contributed by atoms with E-state index in [0.717, 1.165) is 5.56 Å². The summed E-state index contributed by atoms with van der Waals surface area (Å²) < 4.78 is 17.6. The van der Waals surface area contributed by atoms with Crippen LogP contribution in [0.15, 0.2) is 24.3 Å². The van der Waals surface area contributed by atoms with Crippen LogP contribution in [0.4, 0.5) is 4.39 Å². The molecule has 2 aromatic rings. The molecular formula is C17H19FN2O3. The van der Waals surface area contributed by atoms with E-state index < -0.39 is 5.97 Å². The highest BCUT2D eigenvalue weighted by atomic mass is 19.1. The minimum Gasteiger partial charge on any atom is -0.465 e. The number of nitrogens with one attached hydrogen (secondary N) is 2. The predicted octanol–water partition coefficient (Wildman–Crippen LogP) is 2.74. The van der Waals surface area contributed by atoms with Crippen LogP contribution in [0.3, 0.4) is 0 Å². The van der Waals surface area contributed by atoms with E-state index in [1.807, 2.05) is 6.92 Å². The Morgan fingerprint density at radius 3 is 2.48 bits per heavy atom. The molecule has 6 heteroatoms. The summed E-state index contributed by atoms with van der Waals surface area (Å²) in [6.07, 6.45) is 0.580. The van der Waals surface area contributed by atoms with Gasteiger partial charge in [0.15, 0.2) is 0 Å². The summed E-state index contributed by atoms with van der Waals surface area (Å²) in [5.74, 6) is -1.11. The van der Waals surface area contributed by atoms with Gasteiger partial charge in [-0.15, -0.1) is 0 Å². The van der Waals surface area contributed by atoms with Gasteiger partial charge in [-0.05, 0) is 36.6 Å². The van der Waals surface area contributed by atoms with Crippen LogP contribution in [0, 0.1) is 12.7 Å². The summed E-state index contributed by atoms with van der Waals surface area (Å²) in [7, 11) is 1.31. The van der Waals surface area contributed by atoms with Crippen molar-refractivity contribution in [2.75, 3.05) is 7.11 Å². The molecule has 0 aliphatic rings. The number of rotatable bonds is 5. The SMILES string of the molecule is CCc1[nH]c(C(=O)NCc2ccc(F)cc2)c(C)c1C(=O)OC. The lowest BCUT2D eigenvalue weighted by Gasteiger charge is -2.05. The van der Waals surface area contributed by atoms with Crippen molar-refractivity contribution in [3.63, 3.8) is 0 Å². The molecular weight excluding hydrogens is 299 g/mol. The molecule has 2 rings (SSSR count). The number of esters is 1. The first kappa shape index (κ1) is 16.7. The molecule has 1 amide bonds. The van der Waals surface area contributed by atoms with Crippen LogP contribution in [0.2, 0.25) is 0 Å². The summed E-state index contributed by atoms with van der Waals surface area (Å²) in [5, 5.41) is 2.75. The molecule has 0 saturated heterocycles. The van der Waals surface area contributed by atoms with E-state index in [0.29, 0.717) is 28.9 Å². The monoisotopic (exact) mass is 318 g/mol. The molecule has 5 nitrogen and oxygen atoms in total. The number of benzene rings is 1. The van der Waals surface area contributed by atoms with Crippen molar-refractivity contribution in [2.24, 2.45) is 0 Å². The first-order valence-electron chi connectivity index (χ1n) is 7.30. The van der Waals surface area contributed by atoms with Gasteiger partial charge >= 0.3 is 5.97 Å². The molecule has 0 aliphatic carbocycles. The number of halogens is 1. The van der Waals surface area contributed by atoms with Crippen molar-refractivity contribution in [3.8, 4) is 0 Å². The Labute approximate surface area is 133 Å². The number of hydrogen-bond donors (Lipinski definition) is 2. The Hall–Kier alpha value is -2.63. The van der Waals surface area contributed by atoms with Crippen molar-refractivity contribution >= 4 is 11.9 Å². The normalized spacial score (nSPS) is 10.4. The third-order valence-electron chi connectivity index (χ3n) is 3.66. The maximum atomic E-state index is 12.9. The largest absolute Gasteiger partial charge is 0.465 e. The predicted molar refractivity (Wildman–Crippen MR) is 83.8 cm³/mol. The number of aromatic amines is 1. The third kappa shape index (κ3) is 3.59. The zero-order chi connectivity index (χ0) is 17.0. The van der Waals surface area contributed by atoms with Gasteiger partial charge in [-0.2, -0.15) is 0 Å². The van der Waals surface area contributed by atoms with Gasteiger partial charge in [0.25, 0.3) is 5.91 Å². The number of aromatic nitrogens is 1. The zero-order valence-electron chi connectivity index (χ0n) is 13.3. The summed E-state index contributed by atoms with van der Waals surface area (Å²) in [6, 6.07) is 5.89. The Morgan fingerprint density at radius 1 is 1.26 bits per heavy atom. The number of H-pyrrole nitrogens is 1. The highest BCUT2D eigenvalue weighted by Gasteiger charge is 2.23. The lowest BCUT2D eigenvalue weighted by atomic mass is 10.1. The van der Waals surface area contributed by atoms with Crippen LogP contribution in [-0.4, -0.2) is 24.0 Å². The van der Waals surface area contributed by atoms with Crippen LogP contribution < -0.4 is 5.32 Å². The Bertz CT molecular complexity index is 720. The number of methoxy groups -OCH3 is 1. The fourth-order valence-electron chi connectivity index (χ4n) is 2.40. The van der Waals surface area contributed by atoms with Crippen molar-refractivity contribution in [1.82, 2.24) is 10.3 Å². The topological polar surface area (TPSA) is 71.2 Å². The van der Waals surface area contributed by atoms with Crippen LogP contribution in [-0.2, 0) is 17.7 Å². The van der Waals surface area contributed by atoms with E-state index in [9.17, 15) is 14.0 Å². The minimum atomic E-state index is -0.465. The average molecular weight is 318 g/mol. The average Bonchev–Trinajstić information content (AvgIpc) is 2.90. The lowest BCUT2D eigenvalue weighted by Crippen LogP contribution is -2.24. The van der Waals surface area contributed by atoms with Gasteiger partial charge in [-0.3, -0.25) is 4.79 Å². The van der Waals surface area contributed by atoms with Crippen LogP contribution in [0.5, 0.6) is 0 Å². The molecule has 1 aromatic carbocycles. The second-order valence-corrected chi connectivity index (χ2v) is 5.13. The smallest absolute Gasteiger partial charge is 0.339 e. The molecule has 23 heavy (non-hydrogen) atoms. The van der Waals surface area contributed by atoms with Crippen molar-refractivity contribution in [2.45, 2.75) is 26.8 Å². The zero-order valence-corrected chi connectivity index (χ0v) is 13.3. The van der Waals surface area contributed by atoms with E-state index >= 15 is 0 Å². The third-order valence-corrected chi connectivity index (χ3v) is 3.66. The van der Waals surface area contributed by atoms with Gasteiger partial charge in [0.1, 0.15) is 11.5 Å². The van der Waals surface area contributed by atoms with Gasteiger partial charge < -0.3 is 15.0 Å². The molecule has 0 unspecified atom stereocenters. The second kappa shape index (κ2) is 7.09. The molecule has 0 atom stereocenters. The molecule has 0 saturated carbocycles. The first-order valence-corrected chi connectivity index (χ1v) is 7.30. The van der Waals surface area contributed by atoms with Gasteiger partial charge in [0.2, 0.25) is 0 Å². The van der Waals surface area contributed by atoms with E-state index in [2.05, 4.69) is 10.3 Å². The minimum absolute atomic E-state index is 0.270. The number of ether oxygens (including phenoxy) is 1. The number of aryl methyl sites for hydroxylation is 1. The molecule has 2 N–H and O–H groups in total. The molecule has 0 spiro atoms. The quantitative estimate of drug-likeness (QED) is 0.833. The van der Waals surface area contributed by atoms with Gasteiger partial charge in [0, 0.05) is 12.2 Å². The first-order chi connectivity index (χ1) is 11.0. The molecule has 1 aromatic heterocycles. The van der Waals surface area contributed by atoms with Crippen molar-refractivity contribution in [1.29, 1.82) is 0 Å².